The molecule has 1 unspecified atom stereocenters. The minimum atomic E-state index is 0.556. The van der Waals surface area contributed by atoms with Crippen molar-refractivity contribution in [2.24, 2.45) is 4.99 Å². The first-order chi connectivity index (χ1) is 13.3. The highest BCUT2D eigenvalue weighted by Gasteiger charge is 2.24. The van der Waals surface area contributed by atoms with Crippen LogP contribution in [0.2, 0.25) is 0 Å². The fraction of sp³-hybridized carbons (Fsp3) is 0.524. The van der Waals surface area contributed by atoms with Crippen molar-refractivity contribution in [2.45, 2.75) is 52.2 Å². The molecule has 2 aromatic rings. The van der Waals surface area contributed by atoms with Crippen LogP contribution in [0.5, 0.6) is 0 Å². The molecule has 0 saturated carbocycles. The van der Waals surface area contributed by atoms with Crippen molar-refractivity contribution in [1.82, 2.24) is 20.5 Å². The van der Waals surface area contributed by atoms with Crippen LogP contribution in [0.3, 0.4) is 0 Å². The number of thiazole rings is 1. The highest BCUT2D eigenvalue weighted by molar-refractivity contribution is 7.09. The maximum absolute atomic E-state index is 4.72. The predicted octanol–water partition coefficient (Wildman–Crippen LogP) is 3.43. The molecule has 5 nitrogen and oxygen atoms in total. The van der Waals surface area contributed by atoms with Crippen molar-refractivity contribution in [1.29, 1.82) is 0 Å². The highest BCUT2D eigenvalue weighted by atomic mass is 32.1. The average Bonchev–Trinajstić information content (AvgIpc) is 3.34. The normalized spacial score (nSPS) is 18.0. The Kier molecular flexibility index (Phi) is 7.66. The second-order valence-electron chi connectivity index (χ2n) is 6.91. The van der Waals surface area contributed by atoms with Crippen LogP contribution in [0, 0.1) is 0 Å². The zero-order chi connectivity index (χ0) is 18.9. The van der Waals surface area contributed by atoms with Crippen molar-refractivity contribution in [3.63, 3.8) is 0 Å². The largest absolute Gasteiger partial charge is 0.357 e. The third kappa shape index (κ3) is 6.04. The SMILES string of the molecule is CCNC(=NCc1csc(CC)n1)NCC1CCCN1Cc1ccccc1. The van der Waals surface area contributed by atoms with Crippen LogP contribution in [0.1, 0.15) is 43.0 Å². The van der Waals surface area contributed by atoms with E-state index in [0.29, 0.717) is 12.6 Å². The molecule has 1 aliphatic heterocycles. The summed E-state index contributed by atoms with van der Waals surface area (Å²) in [5, 5.41) is 10.2. The number of nitrogens with one attached hydrogen (secondary N) is 2. The molecular formula is C21H31N5S. The molecule has 1 saturated heterocycles. The van der Waals surface area contributed by atoms with Crippen molar-refractivity contribution in [2.75, 3.05) is 19.6 Å². The third-order valence-electron chi connectivity index (χ3n) is 4.88. The van der Waals surface area contributed by atoms with Gasteiger partial charge in [0, 0.05) is 31.1 Å². The Hall–Kier alpha value is -1.92. The lowest BCUT2D eigenvalue weighted by molar-refractivity contribution is 0.245. The van der Waals surface area contributed by atoms with Crippen LogP contribution in [0.25, 0.3) is 0 Å². The van der Waals surface area contributed by atoms with Gasteiger partial charge in [-0.1, -0.05) is 37.3 Å². The fourth-order valence-electron chi connectivity index (χ4n) is 3.45. The van der Waals surface area contributed by atoms with Crippen LogP contribution in [0.4, 0.5) is 0 Å². The Morgan fingerprint density at radius 2 is 2.11 bits per heavy atom. The lowest BCUT2D eigenvalue weighted by atomic mass is 10.2. The van der Waals surface area contributed by atoms with Crippen molar-refractivity contribution >= 4 is 17.3 Å². The molecule has 1 aliphatic rings. The van der Waals surface area contributed by atoms with E-state index in [1.165, 1.54) is 30.0 Å². The van der Waals surface area contributed by atoms with Gasteiger partial charge < -0.3 is 10.6 Å². The molecule has 0 aliphatic carbocycles. The van der Waals surface area contributed by atoms with Gasteiger partial charge in [-0.3, -0.25) is 4.90 Å². The van der Waals surface area contributed by atoms with Gasteiger partial charge >= 0.3 is 0 Å². The van der Waals surface area contributed by atoms with E-state index in [1.807, 2.05) is 0 Å². The highest BCUT2D eigenvalue weighted by Crippen LogP contribution is 2.19. The van der Waals surface area contributed by atoms with Gasteiger partial charge in [-0.25, -0.2) is 9.98 Å². The quantitative estimate of drug-likeness (QED) is 0.540. The Morgan fingerprint density at radius 1 is 1.26 bits per heavy atom. The number of rotatable bonds is 8. The number of hydrogen-bond donors (Lipinski definition) is 2. The Morgan fingerprint density at radius 3 is 2.85 bits per heavy atom. The minimum absolute atomic E-state index is 0.556. The summed E-state index contributed by atoms with van der Waals surface area (Å²) in [6.45, 7) is 8.86. The number of aromatic nitrogens is 1. The van der Waals surface area contributed by atoms with Gasteiger partial charge in [-0.2, -0.15) is 0 Å². The lowest BCUT2D eigenvalue weighted by Crippen LogP contribution is -2.44. The number of aliphatic imine (C=N–C) groups is 1. The summed E-state index contributed by atoms with van der Waals surface area (Å²) in [6.07, 6.45) is 3.50. The Bertz CT molecular complexity index is 712. The fourth-order valence-corrected chi connectivity index (χ4v) is 4.19. The summed E-state index contributed by atoms with van der Waals surface area (Å²) in [4.78, 5) is 11.9. The summed E-state index contributed by atoms with van der Waals surface area (Å²) >= 11 is 1.72. The van der Waals surface area contributed by atoms with Gasteiger partial charge in [0.25, 0.3) is 0 Å². The molecule has 0 radical (unpaired) electrons. The van der Waals surface area contributed by atoms with Crippen molar-refractivity contribution < 1.29 is 0 Å². The van der Waals surface area contributed by atoms with Crippen LogP contribution in [-0.2, 0) is 19.5 Å². The van der Waals surface area contributed by atoms with Crippen LogP contribution < -0.4 is 10.6 Å². The number of hydrogen-bond acceptors (Lipinski definition) is 4. The molecular weight excluding hydrogens is 354 g/mol. The number of aryl methyl sites for hydroxylation is 1. The molecule has 2 N–H and O–H groups in total. The van der Waals surface area contributed by atoms with Crippen molar-refractivity contribution in [3.05, 3.63) is 52.0 Å². The van der Waals surface area contributed by atoms with Gasteiger partial charge in [0.1, 0.15) is 0 Å². The number of guanidine groups is 1. The summed E-state index contributed by atoms with van der Waals surface area (Å²) < 4.78 is 0. The molecule has 3 rings (SSSR count). The molecule has 2 heterocycles. The maximum atomic E-state index is 4.72. The lowest BCUT2D eigenvalue weighted by Gasteiger charge is -2.25. The van der Waals surface area contributed by atoms with Crippen LogP contribution in [0.15, 0.2) is 40.7 Å². The Labute approximate surface area is 166 Å². The zero-order valence-corrected chi connectivity index (χ0v) is 17.3. The molecule has 0 spiro atoms. The molecule has 146 valence electrons. The first-order valence-electron chi connectivity index (χ1n) is 10.0. The predicted molar refractivity (Wildman–Crippen MR) is 114 cm³/mol. The van der Waals surface area contributed by atoms with E-state index in [0.717, 1.165) is 37.7 Å². The van der Waals surface area contributed by atoms with E-state index in [9.17, 15) is 0 Å². The van der Waals surface area contributed by atoms with E-state index in [2.05, 4.69) is 70.1 Å². The second-order valence-corrected chi connectivity index (χ2v) is 7.86. The van der Waals surface area contributed by atoms with Crippen molar-refractivity contribution in [3.8, 4) is 0 Å². The van der Waals surface area contributed by atoms with Gasteiger partial charge in [0.05, 0.1) is 17.2 Å². The van der Waals surface area contributed by atoms with Crippen LogP contribution >= 0.6 is 11.3 Å². The average molecular weight is 386 g/mol. The standard InChI is InChI=1S/C21H31N5S/c1-3-20-25-18(16-27-20)13-23-21(22-4-2)24-14-19-11-8-12-26(19)15-17-9-6-5-7-10-17/h5-7,9-10,16,19H,3-4,8,11-15H2,1-2H3,(H2,22,23,24). The van der Waals surface area contributed by atoms with Crippen LogP contribution in [-0.4, -0.2) is 41.5 Å². The van der Waals surface area contributed by atoms with E-state index < -0.39 is 0 Å². The molecule has 27 heavy (non-hydrogen) atoms. The monoisotopic (exact) mass is 385 g/mol. The van der Waals surface area contributed by atoms with Gasteiger partial charge in [-0.05, 0) is 38.3 Å². The van der Waals surface area contributed by atoms with E-state index in [1.54, 1.807) is 11.3 Å². The summed E-state index contributed by atoms with van der Waals surface area (Å²) in [5.74, 6) is 0.884. The molecule has 0 bridgehead atoms. The minimum Gasteiger partial charge on any atom is -0.357 e. The van der Waals surface area contributed by atoms with Gasteiger partial charge in [0.2, 0.25) is 0 Å². The molecule has 1 fully saturated rings. The third-order valence-corrected chi connectivity index (χ3v) is 5.92. The number of likely N-dealkylation sites (tertiary alicyclic amines) is 1. The van der Waals surface area contributed by atoms with E-state index >= 15 is 0 Å². The number of benzene rings is 1. The summed E-state index contributed by atoms with van der Waals surface area (Å²) in [5.41, 5.74) is 2.45. The second kappa shape index (κ2) is 10.4. The first-order valence-corrected chi connectivity index (χ1v) is 10.9. The molecule has 1 aromatic carbocycles. The molecule has 6 heteroatoms. The Balaban J connectivity index is 1.53. The first kappa shape index (κ1) is 19.8. The molecule has 1 atom stereocenters. The van der Waals surface area contributed by atoms with Gasteiger partial charge in [-0.15, -0.1) is 11.3 Å². The van der Waals surface area contributed by atoms with Gasteiger partial charge in [0.15, 0.2) is 5.96 Å². The van der Waals surface area contributed by atoms with E-state index in [-0.39, 0.29) is 0 Å². The zero-order valence-electron chi connectivity index (χ0n) is 16.4. The summed E-state index contributed by atoms with van der Waals surface area (Å²) in [6, 6.07) is 11.3. The number of nitrogens with zero attached hydrogens (tertiary/aromatic N) is 3. The smallest absolute Gasteiger partial charge is 0.191 e. The maximum Gasteiger partial charge on any atom is 0.191 e. The van der Waals surface area contributed by atoms with E-state index in [4.69, 9.17) is 4.99 Å². The topological polar surface area (TPSA) is 52.6 Å². The molecule has 1 aromatic heterocycles. The molecule has 0 amide bonds. The summed E-state index contributed by atoms with van der Waals surface area (Å²) in [7, 11) is 0.